The molecule has 0 aliphatic heterocycles. The van der Waals surface area contributed by atoms with Crippen molar-refractivity contribution >= 4 is 33.2 Å². The summed E-state index contributed by atoms with van der Waals surface area (Å²) in [6.45, 7) is 4.59. The molecule has 0 radical (unpaired) electrons. The Hall–Kier alpha value is -0.280. The third-order valence-electron chi connectivity index (χ3n) is 3.56. The van der Waals surface area contributed by atoms with Crippen molar-refractivity contribution in [1.29, 1.82) is 0 Å². The Morgan fingerprint density at radius 2 is 2.17 bits per heavy atom. The van der Waals surface area contributed by atoms with E-state index in [4.69, 9.17) is 11.6 Å². The lowest BCUT2D eigenvalue weighted by molar-refractivity contribution is 0.229. The molecule has 1 aromatic rings. The monoisotopic (exact) mass is 333 g/mol. The van der Waals surface area contributed by atoms with Crippen LogP contribution in [0.25, 0.3) is 0 Å². The van der Waals surface area contributed by atoms with Gasteiger partial charge in [0, 0.05) is 10.5 Å². The molecular weight excluding hydrogens is 317 g/mol. The van der Waals surface area contributed by atoms with Gasteiger partial charge in [-0.05, 0) is 52.7 Å². The maximum absolute atomic E-state index is 13.2. The summed E-state index contributed by atoms with van der Waals surface area (Å²) < 4.78 is 13.9. The maximum Gasteiger partial charge on any atom is 0.125 e. The van der Waals surface area contributed by atoms with Gasteiger partial charge in [-0.15, -0.1) is 0 Å². The highest BCUT2D eigenvalue weighted by Crippen LogP contribution is 2.39. The van der Waals surface area contributed by atoms with E-state index in [-0.39, 0.29) is 5.82 Å². The van der Waals surface area contributed by atoms with Gasteiger partial charge in [0.15, 0.2) is 0 Å². The van der Waals surface area contributed by atoms with Gasteiger partial charge in [-0.25, -0.2) is 4.39 Å². The van der Waals surface area contributed by atoms with E-state index < -0.39 is 0 Å². The molecule has 0 saturated heterocycles. The average molecular weight is 335 g/mol. The molecule has 0 bridgehead atoms. The van der Waals surface area contributed by atoms with E-state index in [1.807, 2.05) is 0 Å². The highest BCUT2D eigenvalue weighted by molar-refractivity contribution is 9.10. The van der Waals surface area contributed by atoms with Crippen LogP contribution in [0.5, 0.6) is 0 Å². The largest absolute Gasteiger partial charge is 0.380 e. The molecular formula is C14H18BrClFN. The summed E-state index contributed by atoms with van der Waals surface area (Å²) in [5, 5.41) is 3.89. The zero-order valence-electron chi connectivity index (χ0n) is 10.7. The van der Waals surface area contributed by atoms with Gasteiger partial charge in [-0.1, -0.05) is 31.9 Å². The molecule has 4 heteroatoms. The molecule has 0 amide bonds. The predicted molar refractivity (Wildman–Crippen MR) is 78.8 cm³/mol. The molecule has 100 valence electrons. The minimum absolute atomic E-state index is 0.318. The number of rotatable bonds is 2. The summed E-state index contributed by atoms with van der Waals surface area (Å²) in [4.78, 5) is 0. The standard InChI is InChI=1S/C14H18BrClFN/c1-14(2)5-3-4-10(8-14)18-13-11(15)6-9(17)7-12(13)16/h6-7,10,18H,3-5,8H2,1-2H3. The van der Waals surface area contributed by atoms with Crippen LogP contribution in [-0.2, 0) is 0 Å². The van der Waals surface area contributed by atoms with Crippen LogP contribution in [0.3, 0.4) is 0 Å². The molecule has 1 unspecified atom stereocenters. The Kier molecular flexibility index (Phi) is 4.22. The fourth-order valence-corrected chi connectivity index (χ4v) is 3.63. The SMILES string of the molecule is CC1(C)CCCC(Nc2c(Cl)cc(F)cc2Br)C1. The summed E-state index contributed by atoms with van der Waals surface area (Å²) in [7, 11) is 0. The molecule has 1 atom stereocenters. The molecule has 0 heterocycles. The summed E-state index contributed by atoms with van der Waals surface area (Å²) >= 11 is 9.46. The molecule has 0 spiro atoms. The molecule has 0 aromatic heterocycles. The third-order valence-corrected chi connectivity index (χ3v) is 4.48. The zero-order valence-corrected chi connectivity index (χ0v) is 13.0. The highest BCUT2D eigenvalue weighted by atomic mass is 79.9. The smallest absolute Gasteiger partial charge is 0.125 e. The summed E-state index contributed by atoms with van der Waals surface area (Å²) in [6, 6.07) is 3.21. The number of hydrogen-bond donors (Lipinski definition) is 1. The van der Waals surface area contributed by atoms with Crippen molar-refractivity contribution in [2.24, 2.45) is 5.41 Å². The van der Waals surface area contributed by atoms with Crippen LogP contribution in [-0.4, -0.2) is 6.04 Å². The normalized spacial score (nSPS) is 22.8. The number of anilines is 1. The fourth-order valence-electron chi connectivity index (χ4n) is 2.71. The van der Waals surface area contributed by atoms with Gasteiger partial charge in [0.1, 0.15) is 5.82 Å². The van der Waals surface area contributed by atoms with E-state index in [2.05, 4.69) is 35.1 Å². The zero-order chi connectivity index (χ0) is 13.3. The Balaban J connectivity index is 2.14. The summed E-state index contributed by atoms with van der Waals surface area (Å²) in [5.41, 5.74) is 1.18. The first-order chi connectivity index (χ1) is 8.37. The second kappa shape index (κ2) is 5.38. The van der Waals surface area contributed by atoms with Gasteiger partial charge >= 0.3 is 0 Å². The van der Waals surface area contributed by atoms with E-state index in [1.54, 1.807) is 0 Å². The van der Waals surface area contributed by atoms with Crippen molar-refractivity contribution < 1.29 is 4.39 Å². The highest BCUT2D eigenvalue weighted by Gasteiger charge is 2.28. The molecule has 1 nitrogen and oxygen atoms in total. The lowest BCUT2D eigenvalue weighted by Crippen LogP contribution is -2.31. The van der Waals surface area contributed by atoms with Gasteiger partial charge < -0.3 is 5.32 Å². The lowest BCUT2D eigenvalue weighted by Gasteiger charge is -2.36. The second-order valence-corrected chi connectivity index (χ2v) is 7.11. The number of benzene rings is 1. The molecule has 1 aliphatic rings. The molecule has 1 aromatic carbocycles. The predicted octanol–water partition coefficient (Wildman–Crippen LogP) is 5.62. The van der Waals surface area contributed by atoms with Crippen LogP contribution in [0.1, 0.15) is 39.5 Å². The van der Waals surface area contributed by atoms with Gasteiger partial charge in [0.25, 0.3) is 0 Å². The van der Waals surface area contributed by atoms with Gasteiger partial charge in [0.2, 0.25) is 0 Å². The Morgan fingerprint density at radius 1 is 1.44 bits per heavy atom. The van der Waals surface area contributed by atoms with Crippen LogP contribution in [0.15, 0.2) is 16.6 Å². The van der Waals surface area contributed by atoms with Crippen molar-refractivity contribution in [3.63, 3.8) is 0 Å². The molecule has 1 N–H and O–H groups in total. The Labute approximate surface area is 121 Å². The molecule has 1 fully saturated rings. The molecule has 1 saturated carbocycles. The van der Waals surface area contributed by atoms with Crippen LogP contribution in [0.2, 0.25) is 5.02 Å². The Bertz CT molecular complexity index is 424. The van der Waals surface area contributed by atoms with Crippen LogP contribution in [0, 0.1) is 11.2 Å². The van der Waals surface area contributed by atoms with Crippen molar-refractivity contribution in [3.8, 4) is 0 Å². The molecule has 18 heavy (non-hydrogen) atoms. The summed E-state index contributed by atoms with van der Waals surface area (Å²) in [5.74, 6) is -0.318. The van der Waals surface area contributed by atoms with Gasteiger partial charge in [0.05, 0.1) is 10.7 Å². The summed E-state index contributed by atoms with van der Waals surface area (Å²) in [6.07, 6.45) is 4.75. The lowest BCUT2D eigenvalue weighted by atomic mass is 9.75. The number of halogens is 3. The Morgan fingerprint density at radius 3 is 2.78 bits per heavy atom. The minimum atomic E-state index is -0.318. The topological polar surface area (TPSA) is 12.0 Å². The second-order valence-electron chi connectivity index (χ2n) is 5.85. The van der Waals surface area contributed by atoms with Crippen LogP contribution in [0.4, 0.5) is 10.1 Å². The first-order valence-electron chi connectivity index (χ1n) is 6.28. The number of hydrogen-bond acceptors (Lipinski definition) is 1. The van der Waals surface area contributed by atoms with Crippen molar-refractivity contribution in [2.45, 2.75) is 45.6 Å². The minimum Gasteiger partial charge on any atom is -0.380 e. The fraction of sp³-hybridized carbons (Fsp3) is 0.571. The molecule has 2 rings (SSSR count). The van der Waals surface area contributed by atoms with E-state index in [1.165, 1.54) is 25.0 Å². The van der Waals surface area contributed by atoms with Gasteiger partial charge in [-0.3, -0.25) is 0 Å². The molecule has 1 aliphatic carbocycles. The van der Waals surface area contributed by atoms with Crippen LogP contribution >= 0.6 is 27.5 Å². The van der Waals surface area contributed by atoms with Crippen molar-refractivity contribution in [3.05, 3.63) is 27.4 Å². The van der Waals surface area contributed by atoms with Crippen molar-refractivity contribution in [2.75, 3.05) is 5.32 Å². The van der Waals surface area contributed by atoms with Gasteiger partial charge in [-0.2, -0.15) is 0 Å². The maximum atomic E-state index is 13.2. The first kappa shape index (κ1) is 14.1. The quantitative estimate of drug-likeness (QED) is 0.740. The van der Waals surface area contributed by atoms with E-state index in [0.717, 1.165) is 18.5 Å². The first-order valence-corrected chi connectivity index (χ1v) is 7.45. The van der Waals surface area contributed by atoms with E-state index >= 15 is 0 Å². The number of nitrogens with one attached hydrogen (secondary N) is 1. The van der Waals surface area contributed by atoms with Crippen LogP contribution < -0.4 is 5.32 Å². The van der Waals surface area contributed by atoms with E-state index in [9.17, 15) is 4.39 Å². The average Bonchev–Trinajstić information content (AvgIpc) is 2.22. The van der Waals surface area contributed by atoms with E-state index in [0.29, 0.717) is 21.0 Å². The third kappa shape index (κ3) is 3.39. The van der Waals surface area contributed by atoms with Crippen molar-refractivity contribution in [1.82, 2.24) is 0 Å².